The molecule has 0 spiro atoms. The number of allylic oxidation sites excluding steroid dienone is 5. The zero-order valence-corrected chi connectivity index (χ0v) is 8.17. The third kappa shape index (κ3) is 2.48. The quantitative estimate of drug-likeness (QED) is 0.674. The molecule has 0 radical (unpaired) electrons. The molecule has 1 heteroatoms. The van der Waals surface area contributed by atoms with Gasteiger partial charge in [-0.2, -0.15) is 0 Å². The van der Waals surface area contributed by atoms with E-state index in [0.29, 0.717) is 0 Å². The summed E-state index contributed by atoms with van der Waals surface area (Å²) in [7, 11) is 0. The lowest BCUT2D eigenvalue weighted by Crippen LogP contribution is -1.74. The van der Waals surface area contributed by atoms with Gasteiger partial charge in [-0.25, -0.2) is 0 Å². The van der Waals surface area contributed by atoms with E-state index in [1.54, 1.807) is 6.08 Å². The first-order chi connectivity index (χ1) is 6.27. The van der Waals surface area contributed by atoms with Crippen molar-refractivity contribution in [1.82, 2.24) is 4.98 Å². The molecule has 13 heavy (non-hydrogen) atoms. The van der Waals surface area contributed by atoms with Gasteiger partial charge in [-0.3, -0.25) is 0 Å². The van der Waals surface area contributed by atoms with E-state index in [2.05, 4.69) is 23.7 Å². The number of nitrogens with one attached hydrogen (secondary N) is 1. The molecule has 0 amide bonds. The number of hydrogen-bond donors (Lipinski definition) is 1. The molecule has 1 aromatic heterocycles. The molecule has 1 nitrogen and oxygen atoms in total. The minimum atomic E-state index is 1.18. The second kappa shape index (κ2) is 4.51. The predicted molar refractivity (Wildman–Crippen MR) is 58.5 cm³/mol. The summed E-state index contributed by atoms with van der Waals surface area (Å²) in [4.78, 5) is 3.16. The van der Waals surface area contributed by atoms with E-state index in [1.165, 1.54) is 16.8 Å². The molecule has 0 saturated heterocycles. The molecule has 1 heterocycles. The van der Waals surface area contributed by atoms with Crippen molar-refractivity contribution in [3.05, 3.63) is 54.4 Å². The van der Waals surface area contributed by atoms with Crippen molar-refractivity contribution in [1.29, 1.82) is 0 Å². The first-order valence-corrected chi connectivity index (χ1v) is 4.38. The average molecular weight is 173 g/mol. The van der Waals surface area contributed by atoms with E-state index in [0.717, 1.165) is 0 Å². The molecule has 0 aliphatic rings. The van der Waals surface area contributed by atoms with Crippen LogP contribution in [0.25, 0.3) is 5.57 Å². The van der Waals surface area contributed by atoms with E-state index < -0.39 is 0 Å². The fourth-order valence-electron chi connectivity index (χ4n) is 1.23. The van der Waals surface area contributed by atoms with Gasteiger partial charge in [0.2, 0.25) is 0 Å². The Morgan fingerprint density at radius 2 is 2.31 bits per heavy atom. The monoisotopic (exact) mass is 173 g/mol. The molecule has 0 aliphatic carbocycles. The smallest absolute Gasteiger partial charge is 0.0121 e. The summed E-state index contributed by atoms with van der Waals surface area (Å²) in [5.74, 6) is 0. The van der Waals surface area contributed by atoms with Crippen LogP contribution in [0.5, 0.6) is 0 Å². The highest BCUT2D eigenvalue weighted by Crippen LogP contribution is 2.16. The molecule has 0 unspecified atom stereocenters. The van der Waals surface area contributed by atoms with Crippen LogP contribution in [0.1, 0.15) is 18.2 Å². The van der Waals surface area contributed by atoms with Crippen molar-refractivity contribution in [3.63, 3.8) is 0 Å². The highest BCUT2D eigenvalue weighted by molar-refractivity contribution is 5.75. The molecule has 68 valence electrons. The van der Waals surface area contributed by atoms with E-state index >= 15 is 0 Å². The standard InChI is InChI=1S/C12H15N/c1-4-6-11(7-5-2)12-8-10(3)13-9-12/h4-9,13H,1H2,2-3H3/b7-5-,11-6+. The summed E-state index contributed by atoms with van der Waals surface area (Å²) >= 11 is 0. The van der Waals surface area contributed by atoms with E-state index in [9.17, 15) is 0 Å². The summed E-state index contributed by atoms with van der Waals surface area (Å²) in [6.45, 7) is 7.75. The lowest BCUT2D eigenvalue weighted by atomic mass is 10.1. The zero-order chi connectivity index (χ0) is 9.68. The van der Waals surface area contributed by atoms with Gasteiger partial charge in [-0.1, -0.05) is 30.9 Å². The lowest BCUT2D eigenvalue weighted by molar-refractivity contribution is 1.27. The molecule has 1 rings (SSSR count). The van der Waals surface area contributed by atoms with Gasteiger partial charge in [-0.05, 0) is 31.1 Å². The van der Waals surface area contributed by atoms with Crippen molar-refractivity contribution in [2.24, 2.45) is 0 Å². The Hall–Kier alpha value is -1.50. The first-order valence-electron chi connectivity index (χ1n) is 4.38. The number of rotatable bonds is 3. The van der Waals surface area contributed by atoms with Crippen LogP contribution in [0, 0.1) is 6.92 Å². The minimum absolute atomic E-state index is 1.18. The molecule has 0 atom stereocenters. The highest BCUT2D eigenvalue weighted by Gasteiger charge is 1.97. The van der Waals surface area contributed by atoms with Crippen molar-refractivity contribution in [3.8, 4) is 0 Å². The fraction of sp³-hybridized carbons (Fsp3) is 0.167. The van der Waals surface area contributed by atoms with Crippen LogP contribution in [-0.4, -0.2) is 4.98 Å². The molecule has 0 aliphatic heterocycles. The molecule has 0 aromatic carbocycles. The van der Waals surface area contributed by atoms with Gasteiger partial charge in [-0.15, -0.1) is 0 Å². The van der Waals surface area contributed by atoms with Gasteiger partial charge < -0.3 is 4.98 Å². The van der Waals surface area contributed by atoms with E-state index in [4.69, 9.17) is 0 Å². The fourth-order valence-corrected chi connectivity index (χ4v) is 1.23. The Bertz CT molecular complexity index is 340. The first kappa shape index (κ1) is 9.59. The third-order valence-corrected chi connectivity index (χ3v) is 1.80. The summed E-state index contributed by atoms with van der Waals surface area (Å²) in [6.07, 6.45) is 9.91. The Kier molecular flexibility index (Phi) is 3.32. The van der Waals surface area contributed by atoms with Gasteiger partial charge >= 0.3 is 0 Å². The third-order valence-electron chi connectivity index (χ3n) is 1.80. The van der Waals surface area contributed by atoms with Crippen LogP contribution < -0.4 is 0 Å². The molecule has 1 aromatic rings. The largest absolute Gasteiger partial charge is 0.365 e. The van der Waals surface area contributed by atoms with Crippen LogP contribution in [-0.2, 0) is 0 Å². The maximum absolute atomic E-state index is 3.69. The normalized spacial score (nSPS) is 12.3. The SMILES string of the molecule is C=C/C=C(\C=C/C)c1c[nH]c(C)c1. The maximum Gasteiger partial charge on any atom is 0.0121 e. The second-order valence-electron chi connectivity index (χ2n) is 2.93. The Morgan fingerprint density at radius 3 is 2.77 bits per heavy atom. The highest BCUT2D eigenvalue weighted by atomic mass is 14.7. The van der Waals surface area contributed by atoms with Gasteiger partial charge in [0.25, 0.3) is 0 Å². The number of aromatic nitrogens is 1. The molecular weight excluding hydrogens is 158 g/mol. The van der Waals surface area contributed by atoms with Crippen LogP contribution >= 0.6 is 0 Å². The number of H-pyrrole nitrogens is 1. The Labute approximate surface area is 79.5 Å². The van der Waals surface area contributed by atoms with Crippen LogP contribution in [0.15, 0.2) is 43.1 Å². The summed E-state index contributed by atoms with van der Waals surface area (Å²) in [5.41, 5.74) is 3.56. The van der Waals surface area contributed by atoms with Gasteiger partial charge in [0.1, 0.15) is 0 Å². The molecule has 0 bridgehead atoms. The summed E-state index contributed by atoms with van der Waals surface area (Å²) in [6, 6.07) is 2.12. The van der Waals surface area contributed by atoms with Crippen LogP contribution in [0.2, 0.25) is 0 Å². The van der Waals surface area contributed by atoms with Crippen LogP contribution in [0.3, 0.4) is 0 Å². The van der Waals surface area contributed by atoms with Crippen molar-refractivity contribution >= 4 is 5.57 Å². The Balaban J connectivity index is 3.01. The van der Waals surface area contributed by atoms with Gasteiger partial charge in [0, 0.05) is 11.9 Å². The zero-order valence-electron chi connectivity index (χ0n) is 8.17. The van der Waals surface area contributed by atoms with E-state index in [-0.39, 0.29) is 0 Å². The topological polar surface area (TPSA) is 15.8 Å². The molecular formula is C12H15N. The van der Waals surface area contributed by atoms with Gasteiger partial charge in [0.05, 0.1) is 0 Å². The second-order valence-corrected chi connectivity index (χ2v) is 2.93. The maximum atomic E-state index is 3.69. The van der Waals surface area contributed by atoms with Crippen LogP contribution in [0.4, 0.5) is 0 Å². The predicted octanol–water partition coefficient (Wildman–Crippen LogP) is 3.47. The van der Waals surface area contributed by atoms with E-state index in [1.807, 2.05) is 32.2 Å². The molecule has 0 fully saturated rings. The number of aryl methyl sites for hydroxylation is 1. The van der Waals surface area contributed by atoms with Crippen molar-refractivity contribution in [2.45, 2.75) is 13.8 Å². The van der Waals surface area contributed by atoms with Gasteiger partial charge in [0.15, 0.2) is 0 Å². The summed E-state index contributed by atoms with van der Waals surface area (Å²) in [5, 5.41) is 0. The lowest BCUT2D eigenvalue weighted by Gasteiger charge is -1.95. The number of hydrogen-bond acceptors (Lipinski definition) is 0. The summed E-state index contributed by atoms with van der Waals surface area (Å²) < 4.78 is 0. The minimum Gasteiger partial charge on any atom is -0.365 e. The Morgan fingerprint density at radius 1 is 1.54 bits per heavy atom. The molecule has 1 N–H and O–H groups in total. The average Bonchev–Trinajstić information content (AvgIpc) is 2.51. The van der Waals surface area contributed by atoms with Crippen molar-refractivity contribution in [2.75, 3.05) is 0 Å². The molecule has 0 saturated carbocycles. The van der Waals surface area contributed by atoms with Crippen molar-refractivity contribution < 1.29 is 0 Å². The number of aromatic amines is 1.